The average Bonchev–Trinajstić information content (AvgIpc) is 3.40. The number of anilines is 1. The SMILES string of the molecule is COc1cc(C(=O)Nc2cccc(-c3cccc4c3CC/C4=C\c3ccc(CO)c(OC)c3)c2C)ncc1C=O. The third kappa shape index (κ3) is 5.11. The molecule has 0 spiro atoms. The number of methoxy groups -OCH3 is 2. The number of carbonyl (C=O) groups is 2. The lowest BCUT2D eigenvalue weighted by molar-refractivity contribution is 0.102. The summed E-state index contributed by atoms with van der Waals surface area (Å²) in [6, 6.07) is 19.5. The number of aldehydes is 1. The van der Waals surface area contributed by atoms with E-state index in [1.165, 1.54) is 36.1 Å². The van der Waals surface area contributed by atoms with Gasteiger partial charge >= 0.3 is 0 Å². The Morgan fingerprint density at radius 3 is 2.48 bits per heavy atom. The standard InChI is InChI=1S/C33H30N2O5/c1-20-25(6-5-9-29(20)35-33(38)30-16-32(40-3)24(19-37)17-34-30)27-8-4-7-26-22(12-13-28(26)27)14-21-10-11-23(18-36)31(15-21)39-2/h4-11,14-17,19,36H,12-13,18H2,1-3H3,(H,35,38)/b22-14+. The summed E-state index contributed by atoms with van der Waals surface area (Å²) < 4.78 is 10.7. The number of ether oxygens (including phenoxy) is 2. The van der Waals surface area contributed by atoms with Crippen molar-refractivity contribution in [1.82, 2.24) is 4.98 Å². The second-order valence-electron chi connectivity index (χ2n) is 9.59. The van der Waals surface area contributed by atoms with Gasteiger partial charge in [-0.15, -0.1) is 0 Å². The number of fused-ring (bicyclic) bond motifs is 1. The van der Waals surface area contributed by atoms with Crippen LogP contribution in [0.25, 0.3) is 22.8 Å². The number of hydrogen-bond donors (Lipinski definition) is 2. The lowest BCUT2D eigenvalue weighted by Gasteiger charge is -2.15. The van der Waals surface area contributed by atoms with Crippen molar-refractivity contribution in [2.45, 2.75) is 26.4 Å². The Hall–Kier alpha value is -4.75. The Labute approximate surface area is 233 Å². The van der Waals surface area contributed by atoms with Crippen molar-refractivity contribution in [3.05, 3.63) is 106 Å². The molecule has 0 atom stereocenters. The van der Waals surface area contributed by atoms with Gasteiger partial charge in [0.05, 0.1) is 26.4 Å². The Bertz CT molecular complexity index is 1640. The molecule has 1 heterocycles. The van der Waals surface area contributed by atoms with E-state index >= 15 is 0 Å². The summed E-state index contributed by atoms with van der Waals surface area (Å²) in [4.78, 5) is 28.3. The second kappa shape index (κ2) is 11.6. The zero-order valence-electron chi connectivity index (χ0n) is 22.7. The molecule has 1 amide bonds. The predicted molar refractivity (Wildman–Crippen MR) is 156 cm³/mol. The Morgan fingerprint density at radius 2 is 1.73 bits per heavy atom. The number of nitrogens with one attached hydrogen (secondary N) is 1. The number of benzene rings is 3. The largest absolute Gasteiger partial charge is 0.496 e. The van der Waals surface area contributed by atoms with Crippen LogP contribution < -0.4 is 14.8 Å². The van der Waals surface area contributed by atoms with E-state index in [0.717, 1.165) is 40.7 Å². The number of carbonyl (C=O) groups excluding carboxylic acids is 2. The quantitative estimate of drug-likeness (QED) is 0.265. The predicted octanol–water partition coefficient (Wildman–Crippen LogP) is 6.12. The maximum Gasteiger partial charge on any atom is 0.274 e. The fourth-order valence-corrected chi connectivity index (χ4v) is 5.22. The minimum Gasteiger partial charge on any atom is -0.496 e. The molecule has 0 unspecified atom stereocenters. The zero-order chi connectivity index (χ0) is 28.2. The van der Waals surface area contributed by atoms with Gasteiger partial charge in [0.1, 0.15) is 17.2 Å². The van der Waals surface area contributed by atoms with E-state index < -0.39 is 0 Å². The first-order valence-electron chi connectivity index (χ1n) is 13.0. The third-order valence-electron chi connectivity index (χ3n) is 7.34. The lowest BCUT2D eigenvalue weighted by atomic mass is 9.92. The van der Waals surface area contributed by atoms with E-state index in [9.17, 15) is 14.7 Å². The summed E-state index contributed by atoms with van der Waals surface area (Å²) in [7, 11) is 3.05. The molecule has 0 saturated carbocycles. The number of hydrogen-bond acceptors (Lipinski definition) is 6. The topological polar surface area (TPSA) is 97.8 Å². The Morgan fingerprint density at radius 1 is 0.975 bits per heavy atom. The number of nitrogens with zero attached hydrogens (tertiary/aromatic N) is 1. The molecule has 1 aliphatic carbocycles. The summed E-state index contributed by atoms with van der Waals surface area (Å²) in [6.45, 7) is 1.93. The molecule has 0 fully saturated rings. The van der Waals surface area contributed by atoms with Crippen molar-refractivity contribution < 1.29 is 24.2 Å². The molecule has 3 aromatic carbocycles. The molecule has 1 aromatic heterocycles. The summed E-state index contributed by atoms with van der Waals surface area (Å²) >= 11 is 0. The van der Waals surface area contributed by atoms with Gasteiger partial charge < -0.3 is 19.9 Å². The van der Waals surface area contributed by atoms with Gasteiger partial charge in [0.2, 0.25) is 0 Å². The van der Waals surface area contributed by atoms with E-state index in [1.54, 1.807) is 7.11 Å². The maximum absolute atomic E-state index is 13.0. The number of amides is 1. The smallest absolute Gasteiger partial charge is 0.274 e. The van der Waals surface area contributed by atoms with Crippen molar-refractivity contribution in [1.29, 1.82) is 0 Å². The highest BCUT2D eigenvalue weighted by molar-refractivity contribution is 6.04. The fraction of sp³-hybridized carbons (Fsp3) is 0.182. The molecule has 4 aromatic rings. The van der Waals surface area contributed by atoms with Crippen molar-refractivity contribution in [3.8, 4) is 22.6 Å². The number of aliphatic hydroxyl groups excluding tert-OH is 1. The Balaban J connectivity index is 1.45. The normalized spacial score (nSPS) is 13.2. The van der Waals surface area contributed by atoms with E-state index in [1.807, 2.05) is 37.3 Å². The van der Waals surface area contributed by atoms with Gasteiger partial charge in [0, 0.05) is 23.5 Å². The van der Waals surface area contributed by atoms with Crippen molar-refractivity contribution >= 4 is 29.5 Å². The molecular weight excluding hydrogens is 504 g/mol. The van der Waals surface area contributed by atoms with Gasteiger partial charge in [0.25, 0.3) is 5.91 Å². The van der Waals surface area contributed by atoms with Gasteiger partial charge in [0.15, 0.2) is 6.29 Å². The molecule has 5 rings (SSSR count). The molecule has 2 N–H and O–H groups in total. The molecule has 7 nitrogen and oxygen atoms in total. The van der Waals surface area contributed by atoms with Crippen LogP contribution in [0.3, 0.4) is 0 Å². The van der Waals surface area contributed by atoms with E-state index in [4.69, 9.17) is 9.47 Å². The molecule has 0 radical (unpaired) electrons. The first-order chi connectivity index (χ1) is 19.5. The molecule has 0 saturated heterocycles. The first-order valence-corrected chi connectivity index (χ1v) is 13.0. The average molecular weight is 535 g/mol. The van der Waals surface area contributed by atoms with E-state index in [0.29, 0.717) is 23.5 Å². The highest BCUT2D eigenvalue weighted by Gasteiger charge is 2.22. The Kier molecular flexibility index (Phi) is 7.75. The van der Waals surface area contributed by atoms with Crippen LogP contribution in [0.15, 0.2) is 66.9 Å². The van der Waals surface area contributed by atoms with E-state index in [-0.39, 0.29) is 23.8 Å². The number of rotatable bonds is 8. The molecule has 0 bridgehead atoms. The third-order valence-corrected chi connectivity index (χ3v) is 7.34. The van der Waals surface area contributed by atoms with Gasteiger partial charge in [-0.05, 0) is 70.9 Å². The van der Waals surface area contributed by atoms with Crippen molar-refractivity contribution in [3.63, 3.8) is 0 Å². The van der Waals surface area contributed by atoms with Crippen LogP contribution in [0.2, 0.25) is 0 Å². The van der Waals surface area contributed by atoms with Crippen LogP contribution in [0.4, 0.5) is 5.69 Å². The summed E-state index contributed by atoms with van der Waals surface area (Å²) in [5.74, 6) is 0.584. The molecule has 1 aliphatic rings. The lowest BCUT2D eigenvalue weighted by Crippen LogP contribution is -2.15. The number of aliphatic hydroxyl groups is 1. The minimum atomic E-state index is -0.387. The van der Waals surface area contributed by atoms with Gasteiger partial charge in [-0.2, -0.15) is 0 Å². The summed E-state index contributed by atoms with van der Waals surface area (Å²) in [5.41, 5.74) is 9.77. The molecule has 0 aliphatic heterocycles. The van der Waals surface area contributed by atoms with Crippen molar-refractivity contribution in [2.75, 3.05) is 19.5 Å². The maximum atomic E-state index is 13.0. The second-order valence-corrected chi connectivity index (χ2v) is 9.59. The molecule has 202 valence electrons. The van der Waals surface area contributed by atoms with Gasteiger partial charge in [-0.3, -0.25) is 14.6 Å². The summed E-state index contributed by atoms with van der Waals surface area (Å²) in [5, 5.41) is 12.5. The van der Waals surface area contributed by atoms with Crippen LogP contribution in [-0.4, -0.2) is 36.5 Å². The van der Waals surface area contributed by atoms with Gasteiger partial charge in [-0.25, -0.2) is 0 Å². The zero-order valence-corrected chi connectivity index (χ0v) is 22.7. The number of aromatic nitrogens is 1. The molecule has 40 heavy (non-hydrogen) atoms. The monoisotopic (exact) mass is 534 g/mol. The molecular formula is C33H30N2O5. The number of allylic oxidation sites excluding steroid dienone is 1. The fourth-order valence-electron chi connectivity index (χ4n) is 5.22. The molecule has 7 heteroatoms. The van der Waals surface area contributed by atoms with Crippen LogP contribution in [0, 0.1) is 6.92 Å². The van der Waals surface area contributed by atoms with Crippen LogP contribution >= 0.6 is 0 Å². The minimum absolute atomic E-state index is 0.0672. The van der Waals surface area contributed by atoms with Crippen LogP contribution in [0.5, 0.6) is 11.5 Å². The highest BCUT2D eigenvalue weighted by atomic mass is 16.5. The van der Waals surface area contributed by atoms with Gasteiger partial charge in [-0.1, -0.05) is 48.5 Å². The summed E-state index contributed by atoms with van der Waals surface area (Å²) in [6.07, 6.45) is 5.98. The van der Waals surface area contributed by atoms with Crippen molar-refractivity contribution in [2.24, 2.45) is 0 Å². The number of pyridine rings is 1. The van der Waals surface area contributed by atoms with E-state index in [2.05, 4.69) is 40.6 Å². The highest BCUT2D eigenvalue weighted by Crippen LogP contribution is 2.41. The van der Waals surface area contributed by atoms with Crippen LogP contribution in [0.1, 0.15) is 55.1 Å². The van der Waals surface area contributed by atoms with Crippen LogP contribution in [-0.2, 0) is 13.0 Å². The first kappa shape index (κ1) is 26.8.